The van der Waals surface area contributed by atoms with Gasteiger partial charge >= 0.3 is 0 Å². The maximum absolute atomic E-state index is 6.25. The van der Waals surface area contributed by atoms with E-state index in [2.05, 4.69) is 9.99 Å². The van der Waals surface area contributed by atoms with Gasteiger partial charge in [-0.05, 0) is 36.6 Å². The van der Waals surface area contributed by atoms with Crippen LogP contribution in [0.2, 0.25) is 10.0 Å². The van der Waals surface area contributed by atoms with Crippen LogP contribution in [0.25, 0.3) is 0 Å². The number of hydrogen-bond acceptors (Lipinski definition) is 5. The first kappa shape index (κ1) is 24.5. The van der Waals surface area contributed by atoms with Crippen molar-refractivity contribution in [1.82, 2.24) is 0 Å². The lowest BCUT2D eigenvalue weighted by atomic mass is 10.2. The summed E-state index contributed by atoms with van der Waals surface area (Å²) in [6.45, 7) is 1.21. The smallest absolute Gasteiger partial charge is 0.156 e. The minimum Gasteiger partial charge on any atom is -0.494 e. The van der Waals surface area contributed by atoms with E-state index in [1.54, 1.807) is 18.3 Å². The van der Waals surface area contributed by atoms with E-state index in [9.17, 15) is 0 Å². The lowest BCUT2D eigenvalue weighted by Crippen LogP contribution is -2.03. The SMILES string of the molecule is CON=Cc1cccc(OCCCCOc2c(Cl)cc(OCC=C(Cl)Cl)cc2Cl)c1. The molecule has 0 radical (unpaired) electrons. The van der Waals surface area contributed by atoms with Gasteiger partial charge in [-0.2, -0.15) is 0 Å². The Hall–Kier alpha value is -1.79. The molecule has 0 N–H and O–H groups in total. The second-order valence-electron chi connectivity index (χ2n) is 5.91. The third-order valence-corrected chi connectivity index (χ3v) is 4.55. The Balaban J connectivity index is 1.74. The van der Waals surface area contributed by atoms with E-state index in [1.807, 2.05) is 24.3 Å². The molecule has 5 nitrogen and oxygen atoms in total. The Morgan fingerprint density at radius 2 is 1.63 bits per heavy atom. The fraction of sp³-hybridized carbons (Fsp3) is 0.286. The Kier molecular flexibility index (Phi) is 11.0. The van der Waals surface area contributed by atoms with Gasteiger partial charge < -0.3 is 19.0 Å². The maximum atomic E-state index is 6.25. The summed E-state index contributed by atoms with van der Waals surface area (Å²) in [4.78, 5) is 4.67. The highest BCUT2D eigenvalue weighted by molar-refractivity contribution is 6.55. The predicted octanol–water partition coefficient (Wildman–Crippen LogP) is 6.91. The first-order chi connectivity index (χ1) is 14.5. The molecule has 0 unspecified atom stereocenters. The quantitative estimate of drug-likeness (QED) is 0.183. The van der Waals surface area contributed by atoms with Crippen molar-refractivity contribution >= 4 is 52.6 Å². The molecular weight excluding hydrogens is 472 g/mol. The van der Waals surface area contributed by atoms with Crippen LogP contribution in [0.15, 0.2) is 52.1 Å². The number of nitrogens with zero attached hydrogens (tertiary/aromatic N) is 1. The molecule has 0 saturated heterocycles. The number of hydrogen-bond donors (Lipinski definition) is 0. The van der Waals surface area contributed by atoms with Crippen LogP contribution in [-0.4, -0.2) is 33.1 Å². The van der Waals surface area contributed by atoms with Gasteiger partial charge in [0.15, 0.2) is 5.75 Å². The minimum absolute atomic E-state index is 0.128. The van der Waals surface area contributed by atoms with Crippen LogP contribution in [0.3, 0.4) is 0 Å². The van der Waals surface area contributed by atoms with Gasteiger partial charge in [0.05, 0.1) is 29.5 Å². The summed E-state index contributed by atoms with van der Waals surface area (Å²) in [5.41, 5.74) is 0.899. The molecule has 0 heterocycles. The van der Waals surface area contributed by atoms with Crippen molar-refractivity contribution in [3.63, 3.8) is 0 Å². The number of halogens is 4. The normalized spacial score (nSPS) is 10.7. The predicted molar refractivity (Wildman–Crippen MR) is 123 cm³/mol. The van der Waals surface area contributed by atoms with Gasteiger partial charge in [0.2, 0.25) is 0 Å². The van der Waals surface area contributed by atoms with Gasteiger partial charge in [0.1, 0.15) is 29.7 Å². The molecule has 2 aromatic rings. The first-order valence-electron chi connectivity index (χ1n) is 9.05. The van der Waals surface area contributed by atoms with E-state index < -0.39 is 0 Å². The molecule has 162 valence electrons. The van der Waals surface area contributed by atoms with Crippen molar-refractivity contribution in [3.05, 3.63) is 62.6 Å². The molecule has 2 aromatic carbocycles. The molecule has 0 bridgehead atoms. The zero-order valence-corrected chi connectivity index (χ0v) is 19.3. The fourth-order valence-electron chi connectivity index (χ4n) is 2.33. The lowest BCUT2D eigenvalue weighted by Gasteiger charge is -2.12. The molecule has 0 aromatic heterocycles. The molecule has 0 aliphatic heterocycles. The Bertz CT molecular complexity index is 847. The van der Waals surface area contributed by atoms with Crippen LogP contribution in [0, 0.1) is 0 Å². The third kappa shape index (κ3) is 8.92. The van der Waals surface area contributed by atoms with Crippen LogP contribution in [-0.2, 0) is 4.84 Å². The van der Waals surface area contributed by atoms with E-state index in [1.165, 1.54) is 13.2 Å². The van der Waals surface area contributed by atoms with E-state index >= 15 is 0 Å². The Morgan fingerprint density at radius 3 is 2.30 bits per heavy atom. The van der Waals surface area contributed by atoms with E-state index in [-0.39, 0.29) is 11.1 Å². The van der Waals surface area contributed by atoms with Crippen molar-refractivity contribution in [3.8, 4) is 17.2 Å². The molecule has 0 amide bonds. The molecular formula is C21H21Cl4NO4. The number of oxime groups is 1. The highest BCUT2D eigenvalue weighted by Gasteiger charge is 2.10. The Labute approximate surface area is 196 Å². The first-order valence-corrected chi connectivity index (χ1v) is 10.6. The second kappa shape index (κ2) is 13.5. The van der Waals surface area contributed by atoms with Gasteiger partial charge in [-0.25, -0.2) is 0 Å². The van der Waals surface area contributed by atoms with E-state index in [0.29, 0.717) is 34.8 Å². The van der Waals surface area contributed by atoms with Crippen LogP contribution >= 0.6 is 46.4 Å². The van der Waals surface area contributed by atoms with Gasteiger partial charge in [-0.15, -0.1) is 0 Å². The highest BCUT2D eigenvalue weighted by atomic mass is 35.5. The van der Waals surface area contributed by atoms with Crippen molar-refractivity contribution in [2.45, 2.75) is 12.8 Å². The summed E-state index contributed by atoms with van der Waals surface area (Å²) < 4.78 is 17.1. The molecule has 0 atom stereocenters. The van der Waals surface area contributed by atoms with Crippen molar-refractivity contribution in [2.75, 3.05) is 26.9 Å². The largest absolute Gasteiger partial charge is 0.494 e. The fourth-order valence-corrected chi connectivity index (χ4v) is 3.03. The van der Waals surface area contributed by atoms with Crippen molar-refractivity contribution in [1.29, 1.82) is 0 Å². The molecule has 0 aliphatic carbocycles. The number of ether oxygens (including phenoxy) is 3. The lowest BCUT2D eigenvalue weighted by molar-refractivity contribution is 0.215. The molecule has 2 rings (SSSR count). The van der Waals surface area contributed by atoms with Crippen LogP contribution < -0.4 is 14.2 Å². The average molecular weight is 493 g/mol. The Morgan fingerprint density at radius 1 is 0.933 bits per heavy atom. The van der Waals surface area contributed by atoms with Crippen molar-refractivity contribution in [2.24, 2.45) is 5.16 Å². The highest BCUT2D eigenvalue weighted by Crippen LogP contribution is 2.37. The van der Waals surface area contributed by atoms with Gasteiger partial charge in [-0.3, -0.25) is 0 Å². The number of benzene rings is 2. The summed E-state index contributed by atoms with van der Waals surface area (Å²) in [6.07, 6.45) is 4.71. The number of rotatable bonds is 12. The standard InChI is InChI=1S/C21H21Cl4NO4/c1-27-26-14-15-5-4-6-16(11-15)28-8-2-3-9-30-21-18(22)12-17(13-19(21)23)29-10-7-20(24)25/h4-7,11-14H,2-3,8-10H2,1H3. The topological polar surface area (TPSA) is 49.3 Å². The van der Waals surface area contributed by atoms with Crippen LogP contribution in [0.1, 0.15) is 18.4 Å². The second-order valence-corrected chi connectivity index (χ2v) is 7.74. The molecule has 9 heteroatoms. The van der Waals surface area contributed by atoms with Gasteiger partial charge in [0, 0.05) is 12.1 Å². The molecule has 0 saturated carbocycles. The third-order valence-electron chi connectivity index (χ3n) is 3.68. The number of unbranched alkanes of at least 4 members (excludes halogenated alkanes) is 1. The van der Waals surface area contributed by atoms with Gasteiger partial charge in [0.25, 0.3) is 0 Å². The zero-order chi connectivity index (χ0) is 21.8. The summed E-state index contributed by atoms with van der Waals surface area (Å²) in [5, 5.41) is 4.46. The zero-order valence-electron chi connectivity index (χ0n) is 16.2. The molecule has 0 spiro atoms. The van der Waals surface area contributed by atoms with Crippen molar-refractivity contribution < 1.29 is 19.0 Å². The summed E-state index contributed by atoms with van der Waals surface area (Å²) in [7, 11) is 1.50. The van der Waals surface area contributed by atoms with Gasteiger partial charge in [-0.1, -0.05) is 63.7 Å². The molecule has 0 fully saturated rings. The summed E-state index contributed by atoms with van der Waals surface area (Å²) in [5.74, 6) is 1.68. The van der Waals surface area contributed by atoms with E-state index in [0.717, 1.165) is 24.2 Å². The minimum atomic E-state index is 0.128. The van der Waals surface area contributed by atoms with Crippen LogP contribution in [0.5, 0.6) is 17.2 Å². The van der Waals surface area contributed by atoms with Crippen LogP contribution in [0.4, 0.5) is 0 Å². The average Bonchev–Trinajstić information content (AvgIpc) is 2.70. The summed E-state index contributed by atoms with van der Waals surface area (Å²) in [6, 6.07) is 10.8. The maximum Gasteiger partial charge on any atom is 0.156 e. The summed E-state index contributed by atoms with van der Waals surface area (Å²) >= 11 is 23.6. The monoisotopic (exact) mass is 491 g/mol. The molecule has 30 heavy (non-hydrogen) atoms. The van der Waals surface area contributed by atoms with E-state index in [4.69, 9.17) is 60.6 Å². The molecule has 0 aliphatic rings.